The molecule has 1 heterocycles. The number of carbonyl (C=O) groups excluding carboxylic acids is 1. The minimum absolute atomic E-state index is 0.0223. The molecule has 0 fully saturated rings. The second-order valence-corrected chi connectivity index (χ2v) is 6.66. The van der Waals surface area contributed by atoms with Crippen LogP contribution in [-0.2, 0) is 11.3 Å². The van der Waals surface area contributed by atoms with Gasteiger partial charge in [-0.05, 0) is 11.5 Å². The lowest BCUT2D eigenvalue weighted by Gasteiger charge is -2.08. The van der Waals surface area contributed by atoms with Crippen molar-refractivity contribution in [2.45, 2.75) is 40.2 Å². The molecule has 4 heteroatoms. The van der Waals surface area contributed by atoms with E-state index >= 15 is 0 Å². The Balaban J connectivity index is 2.02. The van der Waals surface area contributed by atoms with Crippen LogP contribution in [0.25, 0.3) is 10.6 Å². The Bertz CT molecular complexity index is 600. The number of benzene rings is 1. The number of hydrogen-bond acceptors (Lipinski definition) is 3. The van der Waals surface area contributed by atoms with Crippen molar-refractivity contribution in [3.8, 4) is 10.6 Å². The first kappa shape index (κ1) is 15.7. The van der Waals surface area contributed by atoms with Crippen LogP contribution in [0, 0.1) is 5.92 Å². The lowest BCUT2D eigenvalue weighted by Crippen LogP contribution is -2.27. The normalized spacial score (nSPS) is 11.1. The second-order valence-electron chi connectivity index (χ2n) is 5.80. The summed E-state index contributed by atoms with van der Waals surface area (Å²) in [6.07, 6.45) is 0. The van der Waals surface area contributed by atoms with Gasteiger partial charge in [-0.15, -0.1) is 11.3 Å². The van der Waals surface area contributed by atoms with Gasteiger partial charge < -0.3 is 5.32 Å². The van der Waals surface area contributed by atoms with E-state index in [0.717, 1.165) is 21.8 Å². The van der Waals surface area contributed by atoms with E-state index in [4.69, 9.17) is 0 Å². The van der Waals surface area contributed by atoms with E-state index < -0.39 is 0 Å². The Morgan fingerprint density at radius 1 is 1.19 bits per heavy atom. The fourth-order valence-electron chi connectivity index (χ4n) is 1.84. The third-order valence-electron chi connectivity index (χ3n) is 3.31. The first-order valence-corrected chi connectivity index (χ1v) is 8.17. The standard InChI is InChI=1S/C17H22N2OS/c1-11(2)15-10-21-17(19-15)14-7-5-13(6-8-14)9-18-16(20)12(3)4/h5-8,10-12H,9H2,1-4H3,(H,18,20). The molecule has 0 aliphatic rings. The van der Waals surface area contributed by atoms with E-state index in [1.165, 1.54) is 0 Å². The maximum absolute atomic E-state index is 11.6. The minimum atomic E-state index is 0.0223. The smallest absolute Gasteiger partial charge is 0.222 e. The fraction of sp³-hybridized carbons (Fsp3) is 0.412. The number of thiazole rings is 1. The molecule has 3 nitrogen and oxygen atoms in total. The monoisotopic (exact) mass is 302 g/mol. The van der Waals surface area contributed by atoms with Gasteiger partial charge in [-0.1, -0.05) is 52.0 Å². The number of amides is 1. The summed E-state index contributed by atoms with van der Waals surface area (Å²) < 4.78 is 0. The molecule has 0 aliphatic heterocycles. The average molecular weight is 302 g/mol. The largest absolute Gasteiger partial charge is 0.352 e. The highest BCUT2D eigenvalue weighted by Gasteiger charge is 2.08. The van der Waals surface area contributed by atoms with Crippen molar-refractivity contribution in [2.24, 2.45) is 5.92 Å². The third-order valence-corrected chi connectivity index (χ3v) is 4.22. The summed E-state index contributed by atoms with van der Waals surface area (Å²) in [6.45, 7) is 8.67. The highest BCUT2D eigenvalue weighted by atomic mass is 32.1. The van der Waals surface area contributed by atoms with E-state index in [2.05, 4.69) is 41.7 Å². The molecule has 0 bridgehead atoms. The zero-order valence-electron chi connectivity index (χ0n) is 13.0. The molecule has 2 aromatic rings. The highest BCUT2D eigenvalue weighted by molar-refractivity contribution is 7.13. The van der Waals surface area contributed by atoms with Crippen LogP contribution in [0.2, 0.25) is 0 Å². The number of rotatable bonds is 5. The van der Waals surface area contributed by atoms with Crippen LogP contribution in [0.4, 0.5) is 0 Å². The van der Waals surface area contributed by atoms with Crippen LogP contribution < -0.4 is 5.32 Å². The summed E-state index contributed by atoms with van der Waals surface area (Å²) in [6, 6.07) is 8.23. The SMILES string of the molecule is CC(C)C(=O)NCc1ccc(-c2nc(C(C)C)cs2)cc1. The van der Waals surface area contributed by atoms with E-state index in [9.17, 15) is 4.79 Å². The second kappa shape index (κ2) is 6.85. The van der Waals surface area contributed by atoms with Crippen molar-refractivity contribution < 1.29 is 4.79 Å². The maximum atomic E-state index is 11.6. The molecule has 2 rings (SSSR count). The molecule has 0 aliphatic carbocycles. The molecule has 112 valence electrons. The van der Waals surface area contributed by atoms with E-state index in [-0.39, 0.29) is 11.8 Å². The number of hydrogen-bond donors (Lipinski definition) is 1. The predicted octanol–water partition coefficient (Wildman–Crippen LogP) is 4.21. The van der Waals surface area contributed by atoms with Gasteiger partial charge in [0.2, 0.25) is 5.91 Å². The number of carbonyl (C=O) groups is 1. The molecule has 1 aromatic heterocycles. The van der Waals surface area contributed by atoms with Gasteiger partial charge in [0.15, 0.2) is 0 Å². The highest BCUT2D eigenvalue weighted by Crippen LogP contribution is 2.26. The summed E-state index contributed by atoms with van der Waals surface area (Å²) in [5.74, 6) is 0.565. The first-order chi connectivity index (χ1) is 9.97. The minimum Gasteiger partial charge on any atom is -0.352 e. The van der Waals surface area contributed by atoms with Crippen LogP contribution in [-0.4, -0.2) is 10.9 Å². The Hall–Kier alpha value is -1.68. The van der Waals surface area contributed by atoms with E-state index in [1.54, 1.807) is 11.3 Å². The van der Waals surface area contributed by atoms with Gasteiger partial charge in [0.1, 0.15) is 5.01 Å². The molecular formula is C17H22N2OS. The molecule has 1 N–H and O–H groups in total. The summed E-state index contributed by atoms with van der Waals surface area (Å²) >= 11 is 1.68. The Morgan fingerprint density at radius 2 is 1.86 bits per heavy atom. The first-order valence-electron chi connectivity index (χ1n) is 7.30. The van der Waals surface area contributed by atoms with Gasteiger partial charge in [-0.25, -0.2) is 4.98 Å². The lowest BCUT2D eigenvalue weighted by atomic mass is 10.1. The number of aromatic nitrogens is 1. The van der Waals surface area contributed by atoms with Crippen molar-refractivity contribution in [3.05, 3.63) is 40.9 Å². The molecule has 0 saturated carbocycles. The fourth-order valence-corrected chi connectivity index (χ4v) is 2.83. The van der Waals surface area contributed by atoms with E-state index in [1.807, 2.05) is 26.0 Å². The molecular weight excluding hydrogens is 280 g/mol. The van der Waals surface area contributed by atoms with Crippen molar-refractivity contribution in [3.63, 3.8) is 0 Å². The molecule has 0 spiro atoms. The average Bonchev–Trinajstić information content (AvgIpc) is 2.95. The molecule has 1 amide bonds. The zero-order valence-corrected chi connectivity index (χ0v) is 13.8. The van der Waals surface area contributed by atoms with Gasteiger partial charge in [0, 0.05) is 23.4 Å². The van der Waals surface area contributed by atoms with Gasteiger partial charge in [-0.3, -0.25) is 4.79 Å². The van der Waals surface area contributed by atoms with Crippen LogP contribution in [0.15, 0.2) is 29.6 Å². The van der Waals surface area contributed by atoms with Gasteiger partial charge in [-0.2, -0.15) is 0 Å². The van der Waals surface area contributed by atoms with Crippen LogP contribution in [0.5, 0.6) is 0 Å². The Labute approximate surface area is 130 Å². The van der Waals surface area contributed by atoms with Crippen molar-refractivity contribution in [1.82, 2.24) is 10.3 Å². The van der Waals surface area contributed by atoms with Crippen LogP contribution in [0.3, 0.4) is 0 Å². The zero-order chi connectivity index (χ0) is 15.4. The molecule has 0 saturated heterocycles. The molecule has 0 unspecified atom stereocenters. The summed E-state index contributed by atoms with van der Waals surface area (Å²) in [5, 5.41) is 6.10. The quantitative estimate of drug-likeness (QED) is 0.899. The topological polar surface area (TPSA) is 42.0 Å². The predicted molar refractivity (Wildman–Crippen MR) is 88.3 cm³/mol. The lowest BCUT2D eigenvalue weighted by molar-refractivity contribution is -0.124. The van der Waals surface area contributed by atoms with Gasteiger partial charge >= 0.3 is 0 Å². The van der Waals surface area contributed by atoms with Gasteiger partial charge in [0.25, 0.3) is 0 Å². The van der Waals surface area contributed by atoms with E-state index in [0.29, 0.717) is 12.5 Å². The molecule has 0 radical (unpaired) electrons. The Morgan fingerprint density at radius 3 is 2.38 bits per heavy atom. The molecule has 1 aromatic carbocycles. The van der Waals surface area contributed by atoms with Crippen molar-refractivity contribution in [1.29, 1.82) is 0 Å². The molecule has 21 heavy (non-hydrogen) atoms. The van der Waals surface area contributed by atoms with Crippen molar-refractivity contribution in [2.75, 3.05) is 0 Å². The molecule has 0 atom stereocenters. The number of nitrogens with one attached hydrogen (secondary N) is 1. The summed E-state index contributed by atoms with van der Waals surface area (Å²) in [5.41, 5.74) is 3.38. The summed E-state index contributed by atoms with van der Waals surface area (Å²) in [7, 11) is 0. The summed E-state index contributed by atoms with van der Waals surface area (Å²) in [4.78, 5) is 16.2. The number of nitrogens with zero attached hydrogens (tertiary/aromatic N) is 1. The third kappa shape index (κ3) is 4.14. The van der Waals surface area contributed by atoms with Gasteiger partial charge in [0.05, 0.1) is 5.69 Å². The van der Waals surface area contributed by atoms with Crippen LogP contribution in [0.1, 0.15) is 44.9 Å². The van der Waals surface area contributed by atoms with Crippen molar-refractivity contribution >= 4 is 17.2 Å². The maximum Gasteiger partial charge on any atom is 0.222 e. The van der Waals surface area contributed by atoms with Crippen LogP contribution >= 0.6 is 11.3 Å². The Kier molecular flexibility index (Phi) is 5.12.